The van der Waals surface area contributed by atoms with Crippen LogP contribution in [0.25, 0.3) is 0 Å². The van der Waals surface area contributed by atoms with E-state index in [0.717, 1.165) is 12.8 Å². The van der Waals surface area contributed by atoms with Crippen LogP contribution in [0.15, 0.2) is 10.9 Å². The third kappa shape index (κ3) is 5.51. The molecular weight excluding hydrogens is 311 g/mol. The highest BCUT2D eigenvalue weighted by molar-refractivity contribution is 8.07. The lowest BCUT2D eigenvalue weighted by molar-refractivity contribution is 0.207. The van der Waals surface area contributed by atoms with Gasteiger partial charge >= 0.3 is 6.72 Å². The lowest BCUT2D eigenvalue weighted by atomic mass is 10.3. The average molecular weight is 334 g/mol. The second-order valence-corrected chi connectivity index (χ2v) is 7.38. The first kappa shape index (κ1) is 18.3. The Kier molecular flexibility index (Phi) is 7.52. The molecule has 0 radical (unpaired) electrons. The van der Waals surface area contributed by atoms with Crippen LogP contribution in [0.5, 0.6) is 5.88 Å². The maximum absolute atomic E-state index is 11.9. The van der Waals surface area contributed by atoms with E-state index in [1.165, 1.54) is 10.6 Å². The van der Waals surface area contributed by atoms with Crippen molar-refractivity contribution in [1.82, 2.24) is 9.55 Å². The van der Waals surface area contributed by atoms with Gasteiger partial charge in [0.05, 0.1) is 19.3 Å². The molecule has 0 spiro atoms. The lowest BCUT2D eigenvalue weighted by Crippen LogP contribution is -2.21. The summed E-state index contributed by atoms with van der Waals surface area (Å²) in [5.74, 6) is 0.836. The maximum atomic E-state index is 11.9. The Morgan fingerprint density at radius 3 is 2.57 bits per heavy atom. The van der Waals surface area contributed by atoms with Crippen LogP contribution in [0.1, 0.15) is 39.4 Å². The molecule has 0 saturated heterocycles. The zero-order valence-corrected chi connectivity index (χ0v) is 14.7. The Balaban J connectivity index is 3.03. The van der Waals surface area contributed by atoms with Gasteiger partial charge in [0.15, 0.2) is 0 Å². The Morgan fingerprint density at radius 1 is 1.29 bits per heavy atom. The summed E-state index contributed by atoms with van der Waals surface area (Å²) in [6.45, 7) is 3.74. The van der Waals surface area contributed by atoms with Gasteiger partial charge in [-0.25, -0.2) is 0 Å². The topological polar surface area (TPSA) is 62.6 Å². The molecule has 0 aliphatic heterocycles. The van der Waals surface area contributed by atoms with E-state index in [9.17, 15) is 4.79 Å². The molecule has 0 amide bonds. The molecule has 0 N–H and O–H groups in total. The summed E-state index contributed by atoms with van der Waals surface area (Å²) in [6.07, 6.45) is 2.38. The minimum absolute atomic E-state index is 0.175. The highest BCUT2D eigenvalue weighted by Crippen LogP contribution is 2.49. The zero-order valence-electron chi connectivity index (χ0n) is 13.0. The Hall–Kier alpha value is -0.750. The Bertz CT molecular complexity index is 562. The summed E-state index contributed by atoms with van der Waals surface area (Å²) in [7, 11) is 1.69. The third-order valence-electron chi connectivity index (χ3n) is 2.62. The van der Waals surface area contributed by atoms with E-state index in [-0.39, 0.29) is 11.4 Å². The molecule has 1 rings (SSSR count). The van der Waals surface area contributed by atoms with Crippen LogP contribution in [-0.4, -0.2) is 22.8 Å². The van der Waals surface area contributed by atoms with Crippen LogP contribution in [0.3, 0.4) is 0 Å². The van der Waals surface area contributed by atoms with Crippen LogP contribution in [0.4, 0.5) is 0 Å². The molecule has 6 nitrogen and oxygen atoms in total. The van der Waals surface area contributed by atoms with Crippen molar-refractivity contribution in [3.8, 4) is 5.88 Å². The first-order valence-electron chi connectivity index (χ1n) is 7.11. The van der Waals surface area contributed by atoms with Crippen LogP contribution in [-0.2, 0) is 34.3 Å². The summed E-state index contributed by atoms with van der Waals surface area (Å²) in [6, 6.07) is 1.31. The van der Waals surface area contributed by atoms with E-state index in [2.05, 4.69) is 4.98 Å². The first-order chi connectivity index (χ1) is 9.95. The van der Waals surface area contributed by atoms with E-state index in [4.69, 9.17) is 25.4 Å². The van der Waals surface area contributed by atoms with Gasteiger partial charge in [-0.05, 0) is 19.8 Å². The number of aromatic nitrogens is 2. The van der Waals surface area contributed by atoms with E-state index in [1.54, 1.807) is 7.05 Å². The SMILES string of the molecule is CCCOP(=S)(OCC)Oc1cc(=O)n(C)c(CCC)n1. The standard InChI is InChI=1S/C13H23N2O4PS/c1-5-8-11-14-12(10-13(16)15(11)4)19-20(21,17-7-3)18-9-6-2/h10H,5-9H2,1-4H3. The van der Waals surface area contributed by atoms with E-state index < -0.39 is 6.72 Å². The number of aryl methyl sites for hydroxylation is 1. The number of nitrogens with zero attached hydrogens (tertiary/aromatic N) is 2. The summed E-state index contributed by atoms with van der Waals surface area (Å²) in [5, 5.41) is 0. The highest BCUT2D eigenvalue weighted by Gasteiger charge is 2.23. The lowest BCUT2D eigenvalue weighted by Gasteiger charge is -2.21. The molecule has 1 heterocycles. The van der Waals surface area contributed by atoms with Gasteiger partial charge in [0, 0.05) is 25.3 Å². The molecule has 0 fully saturated rings. The molecule has 1 aromatic heterocycles. The molecule has 8 heteroatoms. The zero-order chi connectivity index (χ0) is 15.9. The maximum Gasteiger partial charge on any atom is 0.381 e. The minimum Gasteiger partial charge on any atom is -0.405 e. The normalized spacial score (nSPS) is 13.9. The van der Waals surface area contributed by atoms with Crippen molar-refractivity contribution in [2.24, 2.45) is 7.05 Å². The van der Waals surface area contributed by atoms with Gasteiger partial charge in [-0.2, -0.15) is 4.98 Å². The molecular formula is C13H23N2O4PS. The van der Waals surface area contributed by atoms with Crippen LogP contribution < -0.4 is 10.1 Å². The van der Waals surface area contributed by atoms with Crippen molar-refractivity contribution in [3.63, 3.8) is 0 Å². The van der Waals surface area contributed by atoms with Gasteiger partial charge in [0.1, 0.15) is 5.82 Å². The predicted molar refractivity (Wildman–Crippen MR) is 86.3 cm³/mol. The van der Waals surface area contributed by atoms with Gasteiger partial charge in [-0.3, -0.25) is 18.4 Å². The summed E-state index contributed by atoms with van der Waals surface area (Å²) in [5.41, 5.74) is -0.183. The molecule has 0 saturated carbocycles. The van der Waals surface area contributed by atoms with Crippen molar-refractivity contribution < 1.29 is 13.6 Å². The van der Waals surface area contributed by atoms with Crippen molar-refractivity contribution in [1.29, 1.82) is 0 Å². The van der Waals surface area contributed by atoms with Crippen LogP contribution in [0, 0.1) is 0 Å². The number of hydrogen-bond acceptors (Lipinski definition) is 6. The van der Waals surface area contributed by atoms with Crippen molar-refractivity contribution >= 4 is 18.5 Å². The third-order valence-corrected chi connectivity index (χ3v) is 4.96. The fourth-order valence-corrected chi connectivity index (χ4v) is 3.62. The second kappa shape index (κ2) is 8.63. The van der Waals surface area contributed by atoms with Crippen LogP contribution >= 0.6 is 6.72 Å². The van der Waals surface area contributed by atoms with Crippen LogP contribution in [0.2, 0.25) is 0 Å². The van der Waals surface area contributed by atoms with Gasteiger partial charge in [0.25, 0.3) is 5.56 Å². The van der Waals surface area contributed by atoms with Gasteiger partial charge < -0.3 is 4.52 Å². The number of rotatable bonds is 9. The van der Waals surface area contributed by atoms with E-state index in [1.807, 2.05) is 20.8 Å². The molecule has 1 aromatic rings. The predicted octanol–water partition coefficient (Wildman–Crippen LogP) is 2.80. The fraction of sp³-hybridized carbons (Fsp3) is 0.692. The Morgan fingerprint density at radius 2 is 2.00 bits per heavy atom. The average Bonchev–Trinajstić information content (AvgIpc) is 2.42. The summed E-state index contributed by atoms with van der Waals surface area (Å²) < 4.78 is 18.1. The van der Waals surface area contributed by atoms with Gasteiger partial charge in [-0.15, -0.1) is 0 Å². The molecule has 0 aliphatic carbocycles. The summed E-state index contributed by atoms with van der Waals surface area (Å²) in [4.78, 5) is 16.3. The Labute approximate surface area is 130 Å². The quantitative estimate of drug-likeness (QED) is 0.647. The second-order valence-electron chi connectivity index (χ2n) is 4.45. The largest absolute Gasteiger partial charge is 0.405 e. The monoisotopic (exact) mass is 334 g/mol. The minimum atomic E-state index is -2.91. The molecule has 120 valence electrons. The molecule has 0 aromatic carbocycles. The van der Waals surface area contributed by atoms with Gasteiger partial charge in [-0.1, -0.05) is 13.8 Å². The molecule has 1 atom stereocenters. The molecule has 0 aliphatic rings. The first-order valence-corrected chi connectivity index (χ1v) is 9.67. The van der Waals surface area contributed by atoms with E-state index in [0.29, 0.717) is 25.5 Å². The molecule has 21 heavy (non-hydrogen) atoms. The summed E-state index contributed by atoms with van der Waals surface area (Å²) >= 11 is 5.33. The molecule has 0 bridgehead atoms. The van der Waals surface area contributed by atoms with Crippen molar-refractivity contribution in [2.75, 3.05) is 13.2 Å². The molecule has 1 unspecified atom stereocenters. The smallest absolute Gasteiger partial charge is 0.381 e. The fourth-order valence-electron chi connectivity index (χ4n) is 1.62. The van der Waals surface area contributed by atoms with Crippen molar-refractivity contribution in [2.45, 2.75) is 40.0 Å². The number of hydrogen-bond donors (Lipinski definition) is 0. The van der Waals surface area contributed by atoms with E-state index >= 15 is 0 Å². The van der Waals surface area contributed by atoms with Gasteiger partial charge in [0.2, 0.25) is 5.88 Å². The van der Waals surface area contributed by atoms with Crippen molar-refractivity contribution in [3.05, 3.63) is 22.2 Å². The highest BCUT2D eigenvalue weighted by atomic mass is 32.5.